The van der Waals surface area contributed by atoms with Crippen molar-refractivity contribution in [3.63, 3.8) is 0 Å². The van der Waals surface area contributed by atoms with Crippen LogP contribution in [-0.2, 0) is 19.5 Å². The van der Waals surface area contributed by atoms with E-state index in [4.69, 9.17) is 16.3 Å². The summed E-state index contributed by atoms with van der Waals surface area (Å²) in [6.45, 7) is 1.21. The topological polar surface area (TPSA) is 49.0 Å². The first-order valence-electron chi connectivity index (χ1n) is 6.68. The van der Waals surface area contributed by atoms with Gasteiger partial charge in [0, 0.05) is 13.0 Å². The van der Waals surface area contributed by atoms with Crippen LogP contribution in [0.25, 0.3) is 0 Å². The Kier molecular flexibility index (Phi) is 3.53. The number of hydrogen-bond acceptors (Lipinski definition) is 3. The number of aromatic nitrogens is 3. The molecule has 106 valence electrons. The zero-order chi connectivity index (χ0) is 14.1. The molecular weight excluding hydrogens is 278 g/mol. The SMILES string of the molecule is COc1ccc(Cn2nc3n(c2=O)CCCC3)cc1Cl. The van der Waals surface area contributed by atoms with E-state index in [1.807, 2.05) is 12.1 Å². The molecule has 0 saturated heterocycles. The molecule has 1 aromatic heterocycles. The van der Waals surface area contributed by atoms with E-state index in [1.165, 1.54) is 4.68 Å². The summed E-state index contributed by atoms with van der Waals surface area (Å²) in [5.41, 5.74) is 0.903. The molecule has 2 heterocycles. The van der Waals surface area contributed by atoms with Gasteiger partial charge in [-0.3, -0.25) is 4.57 Å². The van der Waals surface area contributed by atoms with Gasteiger partial charge in [0.25, 0.3) is 0 Å². The second-order valence-electron chi connectivity index (χ2n) is 4.93. The van der Waals surface area contributed by atoms with Crippen LogP contribution in [0.1, 0.15) is 24.2 Å². The molecule has 0 atom stereocenters. The van der Waals surface area contributed by atoms with Gasteiger partial charge in [0.05, 0.1) is 18.7 Å². The highest BCUT2D eigenvalue weighted by Gasteiger charge is 2.16. The average Bonchev–Trinajstić information content (AvgIpc) is 2.76. The Hall–Kier alpha value is -1.75. The quantitative estimate of drug-likeness (QED) is 0.871. The average molecular weight is 294 g/mol. The maximum Gasteiger partial charge on any atom is 0.346 e. The third kappa shape index (κ3) is 2.33. The number of halogens is 1. The van der Waals surface area contributed by atoms with E-state index < -0.39 is 0 Å². The maximum atomic E-state index is 12.2. The molecule has 0 N–H and O–H groups in total. The molecule has 1 aromatic carbocycles. The van der Waals surface area contributed by atoms with Crippen LogP contribution in [0, 0.1) is 0 Å². The van der Waals surface area contributed by atoms with Gasteiger partial charge in [0.15, 0.2) is 0 Å². The summed E-state index contributed by atoms with van der Waals surface area (Å²) in [7, 11) is 1.58. The fourth-order valence-electron chi connectivity index (χ4n) is 2.53. The summed E-state index contributed by atoms with van der Waals surface area (Å²) in [6, 6.07) is 5.51. The highest BCUT2D eigenvalue weighted by atomic mass is 35.5. The van der Waals surface area contributed by atoms with E-state index in [2.05, 4.69) is 5.10 Å². The lowest BCUT2D eigenvalue weighted by atomic mass is 10.2. The number of ether oxygens (including phenoxy) is 1. The molecule has 0 fully saturated rings. The predicted octanol–water partition coefficient (Wildman–Crippen LogP) is 2.09. The van der Waals surface area contributed by atoms with Gasteiger partial charge in [-0.15, -0.1) is 0 Å². The summed E-state index contributed by atoms with van der Waals surface area (Å²) < 4.78 is 8.41. The van der Waals surface area contributed by atoms with Crippen LogP contribution in [0.4, 0.5) is 0 Å². The minimum Gasteiger partial charge on any atom is -0.495 e. The van der Waals surface area contributed by atoms with Crippen LogP contribution in [0.3, 0.4) is 0 Å². The normalized spacial score (nSPS) is 14.1. The van der Waals surface area contributed by atoms with Crippen molar-refractivity contribution >= 4 is 11.6 Å². The summed E-state index contributed by atoms with van der Waals surface area (Å²) in [4.78, 5) is 12.2. The molecule has 0 aliphatic carbocycles. The van der Waals surface area contributed by atoms with Crippen molar-refractivity contribution in [1.82, 2.24) is 14.3 Å². The van der Waals surface area contributed by atoms with Crippen molar-refractivity contribution in [2.45, 2.75) is 32.4 Å². The molecule has 0 bridgehead atoms. The molecule has 0 amide bonds. The predicted molar refractivity (Wildman–Crippen MR) is 76.5 cm³/mol. The molecule has 0 spiro atoms. The van der Waals surface area contributed by atoms with Crippen molar-refractivity contribution in [2.24, 2.45) is 0 Å². The van der Waals surface area contributed by atoms with Crippen molar-refractivity contribution in [3.05, 3.63) is 45.1 Å². The lowest BCUT2D eigenvalue weighted by Gasteiger charge is -2.09. The summed E-state index contributed by atoms with van der Waals surface area (Å²) in [5.74, 6) is 1.52. The number of methoxy groups -OCH3 is 1. The number of aryl methyl sites for hydroxylation is 1. The summed E-state index contributed by atoms with van der Waals surface area (Å²) >= 11 is 6.10. The Bertz CT molecular complexity index is 690. The molecule has 0 unspecified atom stereocenters. The molecule has 2 aromatic rings. The number of nitrogens with zero attached hydrogens (tertiary/aromatic N) is 3. The molecular formula is C14H16ClN3O2. The number of rotatable bonds is 3. The molecule has 1 aliphatic heterocycles. The zero-order valence-corrected chi connectivity index (χ0v) is 12.1. The van der Waals surface area contributed by atoms with Crippen LogP contribution in [0.15, 0.2) is 23.0 Å². The molecule has 5 nitrogen and oxygen atoms in total. The minimum absolute atomic E-state index is 0.0355. The van der Waals surface area contributed by atoms with Gasteiger partial charge in [-0.25, -0.2) is 9.48 Å². The lowest BCUT2D eigenvalue weighted by molar-refractivity contribution is 0.415. The fraction of sp³-hybridized carbons (Fsp3) is 0.429. The lowest BCUT2D eigenvalue weighted by Crippen LogP contribution is -2.27. The molecule has 6 heteroatoms. The Morgan fingerprint density at radius 1 is 1.40 bits per heavy atom. The third-order valence-corrected chi connectivity index (χ3v) is 3.88. The molecule has 0 saturated carbocycles. The zero-order valence-electron chi connectivity index (χ0n) is 11.3. The van der Waals surface area contributed by atoms with Crippen molar-refractivity contribution in [3.8, 4) is 5.75 Å². The van der Waals surface area contributed by atoms with Crippen LogP contribution < -0.4 is 10.4 Å². The van der Waals surface area contributed by atoms with E-state index >= 15 is 0 Å². The number of hydrogen-bond donors (Lipinski definition) is 0. The van der Waals surface area contributed by atoms with Crippen molar-refractivity contribution < 1.29 is 4.74 Å². The van der Waals surface area contributed by atoms with Crippen LogP contribution in [0.2, 0.25) is 5.02 Å². The molecule has 20 heavy (non-hydrogen) atoms. The number of fused-ring (bicyclic) bond motifs is 1. The molecule has 0 radical (unpaired) electrons. The van der Waals surface area contributed by atoms with Crippen molar-refractivity contribution in [2.75, 3.05) is 7.11 Å². The van der Waals surface area contributed by atoms with Gasteiger partial charge < -0.3 is 4.74 Å². The molecule has 3 rings (SSSR count). The van der Waals surface area contributed by atoms with Gasteiger partial charge in [-0.1, -0.05) is 17.7 Å². The van der Waals surface area contributed by atoms with Crippen LogP contribution in [0.5, 0.6) is 5.75 Å². The second-order valence-corrected chi connectivity index (χ2v) is 5.34. The van der Waals surface area contributed by atoms with Crippen LogP contribution in [-0.4, -0.2) is 21.5 Å². The first-order valence-corrected chi connectivity index (χ1v) is 7.06. The maximum absolute atomic E-state index is 12.2. The Labute approximate surface area is 121 Å². The smallest absolute Gasteiger partial charge is 0.346 e. The molecule has 1 aliphatic rings. The second kappa shape index (κ2) is 5.32. The monoisotopic (exact) mass is 293 g/mol. The highest BCUT2D eigenvalue weighted by molar-refractivity contribution is 6.32. The standard InChI is InChI=1S/C14H16ClN3O2/c1-20-12-6-5-10(8-11(12)15)9-18-14(19)17-7-3-2-4-13(17)16-18/h5-6,8H,2-4,7,9H2,1H3. The Morgan fingerprint density at radius 2 is 2.25 bits per heavy atom. The van der Waals surface area contributed by atoms with Gasteiger partial charge >= 0.3 is 5.69 Å². The third-order valence-electron chi connectivity index (χ3n) is 3.58. The van der Waals surface area contributed by atoms with Crippen molar-refractivity contribution in [1.29, 1.82) is 0 Å². The van der Waals surface area contributed by atoms with E-state index in [0.717, 1.165) is 37.2 Å². The van der Waals surface area contributed by atoms with E-state index in [0.29, 0.717) is 17.3 Å². The minimum atomic E-state index is -0.0355. The van der Waals surface area contributed by atoms with Gasteiger partial charge in [0.2, 0.25) is 0 Å². The van der Waals surface area contributed by atoms with Gasteiger partial charge in [-0.2, -0.15) is 5.10 Å². The van der Waals surface area contributed by atoms with E-state index in [1.54, 1.807) is 17.7 Å². The van der Waals surface area contributed by atoms with Gasteiger partial charge in [-0.05, 0) is 30.5 Å². The van der Waals surface area contributed by atoms with Crippen LogP contribution >= 0.6 is 11.6 Å². The summed E-state index contributed by atoms with van der Waals surface area (Å²) in [6.07, 6.45) is 3.03. The number of benzene rings is 1. The van der Waals surface area contributed by atoms with E-state index in [9.17, 15) is 4.79 Å². The van der Waals surface area contributed by atoms with E-state index in [-0.39, 0.29) is 5.69 Å². The largest absolute Gasteiger partial charge is 0.495 e. The first-order chi connectivity index (χ1) is 9.69. The van der Waals surface area contributed by atoms with Gasteiger partial charge in [0.1, 0.15) is 11.6 Å². The fourth-order valence-corrected chi connectivity index (χ4v) is 2.81. The highest BCUT2D eigenvalue weighted by Crippen LogP contribution is 2.25. The Morgan fingerprint density at radius 3 is 2.95 bits per heavy atom. The summed E-state index contributed by atoms with van der Waals surface area (Å²) in [5, 5.41) is 4.95. The first kappa shape index (κ1) is 13.2. The Balaban J connectivity index is 1.90.